The molecule has 2 heterocycles. The van der Waals surface area contributed by atoms with Crippen LogP contribution in [0, 0.1) is 12.8 Å². The van der Waals surface area contributed by atoms with E-state index in [4.69, 9.17) is 14.1 Å². The Morgan fingerprint density at radius 1 is 1.29 bits per heavy atom. The smallest absolute Gasteiger partial charge is 0.191 e. The van der Waals surface area contributed by atoms with Crippen LogP contribution in [0.15, 0.2) is 21.5 Å². The molecule has 136 valence electrons. The van der Waals surface area contributed by atoms with Gasteiger partial charge in [-0.15, -0.1) is 0 Å². The van der Waals surface area contributed by atoms with Crippen molar-refractivity contribution in [2.45, 2.75) is 33.7 Å². The highest BCUT2D eigenvalue weighted by Crippen LogP contribution is 2.15. The minimum Gasteiger partial charge on any atom is -0.464 e. The van der Waals surface area contributed by atoms with Gasteiger partial charge in [-0.2, -0.15) is 0 Å². The highest BCUT2D eigenvalue weighted by molar-refractivity contribution is 5.80. The van der Waals surface area contributed by atoms with E-state index in [0.29, 0.717) is 5.92 Å². The van der Waals surface area contributed by atoms with Crippen LogP contribution in [0.3, 0.4) is 0 Å². The lowest BCUT2D eigenvalue weighted by Gasteiger charge is -2.28. The fourth-order valence-corrected chi connectivity index (χ4v) is 2.81. The summed E-state index contributed by atoms with van der Waals surface area (Å²) >= 11 is 0. The van der Waals surface area contributed by atoms with Crippen molar-refractivity contribution < 1.29 is 9.15 Å². The molecule has 1 fully saturated rings. The number of rotatable bonds is 7. The van der Waals surface area contributed by atoms with E-state index >= 15 is 0 Å². The van der Waals surface area contributed by atoms with Gasteiger partial charge in [0.2, 0.25) is 0 Å². The average Bonchev–Trinajstić information content (AvgIpc) is 3.00. The van der Waals surface area contributed by atoms with Gasteiger partial charge in [-0.3, -0.25) is 9.89 Å². The lowest BCUT2D eigenvalue weighted by atomic mass is 10.1. The van der Waals surface area contributed by atoms with Crippen molar-refractivity contribution in [1.82, 2.24) is 15.5 Å². The molecule has 1 aliphatic rings. The summed E-state index contributed by atoms with van der Waals surface area (Å²) in [7, 11) is 0. The molecule has 2 N–H and O–H groups in total. The van der Waals surface area contributed by atoms with Crippen molar-refractivity contribution in [3.8, 4) is 0 Å². The average molecular weight is 336 g/mol. The van der Waals surface area contributed by atoms with Crippen LogP contribution in [-0.2, 0) is 4.74 Å². The lowest BCUT2D eigenvalue weighted by Crippen LogP contribution is -2.41. The maximum Gasteiger partial charge on any atom is 0.191 e. The Morgan fingerprint density at radius 2 is 2.04 bits per heavy atom. The maximum atomic E-state index is 5.69. The highest BCUT2D eigenvalue weighted by Gasteiger charge is 2.15. The van der Waals surface area contributed by atoms with Crippen LogP contribution in [0.1, 0.15) is 38.3 Å². The molecule has 0 bridgehead atoms. The van der Waals surface area contributed by atoms with Crippen LogP contribution in [0.5, 0.6) is 0 Å². The van der Waals surface area contributed by atoms with E-state index in [1.807, 2.05) is 19.1 Å². The third kappa shape index (κ3) is 6.17. The van der Waals surface area contributed by atoms with Gasteiger partial charge in [0.05, 0.1) is 19.3 Å². The van der Waals surface area contributed by atoms with Gasteiger partial charge in [-0.1, -0.05) is 6.92 Å². The van der Waals surface area contributed by atoms with E-state index in [1.54, 1.807) is 0 Å². The Hall–Kier alpha value is -1.53. The molecular formula is C18H32N4O2. The Kier molecular flexibility index (Phi) is 7.59. The molecule has 0 radical (unpaired) electrons. The third-order valence-corrected chi connectivity index (χ3v) is 4.12. The first kappa shape index (κ1) is 18.8. The number of nitrogens with zero attached hydrogens (tertiary/aromatic N) is 2. The molecule has 1 aliphatic heterocycles. The van der Waals surface area contributed by atoms with Gasteiger partial charge in [-0.25, -0.2) is 0 Å². The molecule has 1 aromatic rings. The van der Waals surface area contributed by atoms with Gasteiger partial charge in [0, 0.05) is 32.7 Å². The molecule has 0 spiro atoms. The minimum absolute atomic E-state index is 0.0889. The van der Waals surface area contributed by atoms with Crippen LogP contribution in [0.25, 0.3) is 0 Å². The minimum atomic E-state index is 0.0889. The van der Waals surface area contributed by atoms with Gasteiger partial charge < -0.3 is 19.8 Å². The summed E-state index contributed by atoms with van der Waals surface area (Å²) < 4.78 is 11.1. The molecular weight excluding hydrogens is 304 g/mol. The van der Waals surface area contributed by atoms with Crippen molar-refractivity contribution in [3.05, 3.63) is 23.7 Å². The largest absolute Gasteiger partial charge is 0.464 e. The van der Waals surface area contributed by atoms with Gasteiger partial charge in [0.25, 0.3) is 0 Å². The number of aryl methyl sites for hydroxylation is 1. The Labute approximate surface area is 145 Å². The number of guanidine groups is 1. The quantitative estimate of drug-likeness (QED) is 0.590. The summed E-state index contributed by atoms with van der Waals surface area (Å²) in [4.78, 5) is 7.20. The fraction of sp³-hybridized carbons (Fsp3) is 0.722. The zero-order chi connectivity index (χ0) is 17.4. The molecule has 1 saturated heterocycles. The molecule has 2 rings (SSSR count). The van der Waals surface area contributed by atoms with Gasteiger partial charge >= 0.3 is 0 Å². The second-order valence-corrected chi connectivity index (χ2v) is 6.55. The van der Waals surface area contributed by atoms with E-state index in [-0.39, 0.29) is 6.04 Å². The van der Waals surface area contributed by atoms with Gasteiger partial charge in [0.15, 0.2) is 5.96 Å². The second-order valence-electron chi connectivity index (χ2n) is 6.55. The topological polar surface area (TPSA) is 62.0 Å². The molecule has 0 aliphatic carbocycles. The number of hydrogen-bond donors (Lipinski definition) is 2. The first-order valence-electron chi connectivity index (χ1n) is 8.99. The lowest BCUT2D eigenvalue weighted by molar-refractivity contribution is 0.0323. The normalized spacial score (nSPS) is 19.1. The van der Waals surface area contributed by atoms with E-state index in [0.717, 1.165) is 63.4 Å². The highest BCUT2D eigenvalue weighted by atomic mass is 16.5. The van der Waals surface area contributed by atoms with Crippen molar-refractivity contribution >= 4 is 5.96 Å². The summed E-state index contributed by atoms with van der Waals surface area (Å²) in [5, 5.41) is 6.73. The van der Waals surface area contributed by atoms with Crippen molar-refractivity contribution in [3.63, 3.8) is 0 Å². The van der Waals surface area contributed by atoms with Crippen LogP contribution < -0.4 is 10.6 Å². The van der Waals surface area contributed by atoms with Crippen LogP contribution in [0.2, 0.25) is 0 Å². The van der Waals surface area contributed by atoms with E-state index in [9.17, 15) is 0 Å². The molecule has 0 aromatic carbocycles. The Bertz CT molecular complexity index is 509. The summed E-state index contributed by atoms with van der Waals surface area (Å²) in [6.45, 7) is 14.8. The molecule has 2 unspecified atom stereocenters. The summed E-state index contributed by atoms with van der Waals surface area (Å²) in [5.41, 5.74) is 0. The van der Waals surface area contributed by atoms with E-state index in [1.165, 1.54) is 0 Å². The zero-order valence-corrected chi connectivity index (χ0v) is 15.5. The molecule has 1 aromatic heterocycles. The van der Waals surface area contributed by atoms with Crippen molar-refractivity contribution in [2.24, 2.45) is 10.9 Å². The number of aliphatic imine (C=N–C) groups is 1. The SMILES string of the molecule is CCNC(=NCC(C)CN1CCOCC1)NC(C)c1ccc(C)o1. The molecule has 2 atom stereocenters. The predicted octanol–water partition coefficient (Wildman–Crippen LogP) is 2.17. The van der Waals surface area contributed by atoms with Crippen molar-refractivity contribution in [2.75, 3.05) is 45.9 Å². The second kappa shape index (κ2) is 9.69. The molecule has 0 saturated carbocycles. The summed E-state index contributed by atoms with van der Waals surface area (Å²) in [6.07, 6.45) is 0. The van der Waals surface area contributed by atoms with Crippen molar-refractivity contribution in [1.29, 1.82) is 0 Å². The third-order valence-electron chi connectivity index (χ3n) is 4.12. The summed E-state index contributed by atoms with van der Waals surface area (Å²) in [5.74, 6) is 3.21. The summed E-state index contributed by atoms with van der Waals surface area (Å²) in [6, 6.07) is 4.09. The molecule has 6 heteroatoms. The monoisotopic (exact) mass is 336 g/mol. The van der Waals surface area contributed by atoms with E-state index < -0.39 is 0 Å². The first-order chi connectivity index (χ1) is 11.6. The number of furan rings is 1. The fourth-order valence-electron chi connectivity index (χ4n) is 2.81. The van der Waals surface area contributed by atoms with E-state index in [2.05, 4.69) is 36.3 Å². The molecule has 6 nitrogen and oxygen atoms in total. The first-order valence-corrected chi connectivity index (χ1v) is 8.99. The maximum absolute atomic E-state index is 5.69. The molecule has 0 amide bonds. The Balaban J connectivity index is 1.84. The van der Waals surface area contributed by atoms with Crippen LogP contribution >= 0.6 is 0 Å². The number of hydrogen-bond acceptors (Lipinski definition) is 4. The number of ether oxygens (including phenoxy) is 1. The zero-order valence-electron chi connectivity index (χ0n) is 15.5. The predicted molar refractivity (Wildman–Crippen MR) is 97.4 cm³/mol. The number of morpholine rings is 1. The van der Waals surface area contributed by atoms with Crippen LogP contribution in [-0.4, -0.2) is 56.8 Å². The van der Waals surface area contributed by atoms with Gasteiger partial charge in [0.1, 0.15) is 11.5 Å². The van der Waals surface area contributed by atoms with Gasteiger partial charge in [-0.05, 0) is 38.8 Å². The number of nitrogens with one attached hydrogen (secondary N) is 2. The Morgan fingerprint density at radius 3 is 2.67 bits per heavy atom. The molecule has 24 heavy (non-hydrogen) atoms. The van der Waals surface area contributed by atoms with Crippen LogP contribution in [0.4, 0.5) is 0 Å². The standard InChI is InChI=1S/C18H32N4O2/c1-5-19-18(21-16(4)17-7-6-15(3)24-17)20-12-14(2)13-22-8-10-23-11-9-22/h6-7,14,16H,5,8-13H2,1-4H3,(H2,19,20,21).